The number of nitrogen functional groups attached to an aromatic ring is 2. The van der Waals surface area contributed by atoms with Gasteiger partial charge in [0.15, 0.2) is 0 Å². The first kappa shape index (κ1) is 37.8. The molecule has 0 spiro atoms. The van der Waals surface area contributed by atoms with Crippen LogP contribution < -0.4 is 59.7 Å². The van der Waals surface area contributed by atoms with E-state index in [0.29, 0.717) is 5.69 Å². The zero-order valence-electron chi connectivity index (χ0n) is 23.2. The van der Waals surface area contributed by atoms with Crippen LogP contribution in [0.25, 0.3) is 10.8 Å². The Kier molecular flexibility index (Phi) is 13.7. The molecule has 0 saturated heterocycles. The fraction of sp³-hybridized carbons (Fsp3) is 0.0417. The largest absolute Gasteiger partial charge is 1.00 e. The number of azo groups is 2. The Bertz CT molecular complexity index is 1990. The summed E-state index contributed by atoms with van der Waals surface area (Å²) in [4.78, 5) is 10.8. The SMILES string of the molecule is COc1cc(N=Nc2cccc(C(N)=O)c2)c(N)cc1N=Nc1[c-]cc2cc(S(=O)(=O)[O-])cc(N)c2c1O.O=S(=O)=O.[Li+].[Li+]. The molecule has 0 heterocycles. The van der Waals surface area contributed by atoms with Gasteiger partial charge in [-0.2, -0.15) is 22.4 Å². The fourth-order valence-electron chi connectivity index (χ4n) is 3.44. The average Bonchev–Trinajstić information content (AvgIpc) is 2.91. The summed E-state index contributed by atoms with van der Waals surface area (Å²) in [6.45, 7) is 0. The van der Waals surface area contributed by atoms with Crippen LogP contribution >= 0.6 is 0 Å². The first-order valence-electron chi connectivity index (χ1n) is 11.1. The number of amides is 1. The number of aromatic hydroxyl groups is 1. The fourth-order valence-corrected chi connectivity index (χ4v) is 3.98. The Balaban J connectivity index is 0.00000152. The molecule has 0 radical (unpaired) electrons. The van der Waals surface area contributed by atoms with Crippen LogP contribution in [-0.4, -0.2) is 43.7 Å². The molecule has 44 heavy (non-hydrogen) atoms. The molecule has 0 aliphatic rings. The molecule has 218 valence electrons. The molecule has 0 atom stereocenters. The summed E-state index contributed by atoms with van der Waals surface area (Å²) in [5, 5.41) is 27.1. The predicted octanol–water partition coefficient (Wildman–Crippen LogP) is -2.64. The van der Waals surface area contributed by atoms with E-state index in [4.69, 9.17) is 34.6 Å². The summed E-state index contributed by atoms with van der Waals surface area (Å²) in [5.41, 5.74) is 18.3. The number of anilines is 2. The van der Waals surface area contributed by atoms with Gasteiger partial charge in [0.25, 0.3) is 0 Å². The number of hydrogen-bond acceptors (Lipinski definition) is 15. The van der Waals surface area contributed by atoms with Gasteiger partial charge in [0.05, 0.1) is 18.5 Å². The summed E-state index contributed by atoms with van der Waals surface area (Å²) < 4.78 is 64.7. The normalized spacial score (nSPS) is 10.9. The number of nitrogens with two attached hydrogens (primary N) is 3. The second-order valence-corrected chi connectivity index (χ2v) is 9.81. The Hall–Kier alpha value is -4.27. The van der Waals surface area contributed by atoms with Gasteiger partial charge in [0, 0.05) is 33.6 Å². The molecule has 4 aromatic rings. The summed E-state index contributed by atoms with van der Waals surface area (Å²) in [6, 6.07) is 15.2. The third-order valence-electron chi connectivity index (χ3n) is 5.28. The molecule has 0 aliphatic heterocycles. The number of ether oxygens (including phenoxy) is 1. The molecule has 20 heteroatoms. The van der Waals surface area contributed by atoms with E-state index in [1.54, 1.807) is 18.2 Å². The number of carbonyl (C=O) groups is 1. The summed E-state index contributed by atoms with van der Waals surface area (Å²) in [5.74, 6) is -0.794. The van der Waals surface area contributed by atoms with E-state index in [9.17, 15) is 22.9 Å². The van der Waals surface area contributed by atoms with Gasteiger partial charge in [-0.1, -0.05) is 17.5 Å². The average molecular weight is 627 g/mol. The molecule has 0 unspecified atom stereocenters. The van der Waals surface area contributed by atoms with E-state index in [-0.39, 0.29) is 88.2 Å². The van der Waals surface area contributed by atoms with Crippen molar-refractivity contribution >= 4 is 71.5 Å². The number of fused-ring (bicyclic) bond motifs is 1. The third kappa shape index (κ3) is 9.63. The standard InChI is InChI=1S/C24H20N7O6S.2Li.O3S/c1-37-21-11-19(30-28-14-4-2-3-13(7-14)24(27)33)16(25)10-20(21)31-29-18-6-5-12-8-15(38(34,35)36)9-17(26)22(12)23(18)32;;;1-4(2)3/h2-5,7-11,32H,25-26H2,1H3,(H2,27,33)(H,34,35,36);;;/q-1;2*+1;/p-1. The predicted molar refractivity (Wildman–Crippen MR) is 147 cm³/mol. The van der Waals surface area contributed by atoms with Crippen molar-refractivity contribution in [2.24, 2.45) is 26.2 Å². The van der Waals surface area contributed by atoms with Crippen molar-refractivity contribution < 1.29 is 78.0 Å². The van der Waals surface area contributed by atoms with Crippen LogP contribution in [-0.2, 0) is 20.7 Å². The maximum absolute atomic E-state index is 11.4. The van der Waals surface area contributed by atoms with Crippen molar-refractivity contribution in [1.82, 2.24) is 0 Å². The minimum Gasteiger partial charge on any atom is -0.744 e. The number of primary amides is 1. The van der Waals surface area contributed by atoms with Crippen molar-refractivity contribution in [3.8, 4) is 11.5 Å². The van der Waals surface area contributed by atoms with E-state index in [2.05, 4.69) is 26.5 Å². The van der Waals surface area contributed by atoms with Crippen LogP contribution in [0, 0.1) is 6.07 Å². The number of nitrogens with zero attached hydrogens (tertiary/aromatic N) is 4. The number of rotatable bonds is 7. The first-order valence-corrected chi connectivity index (χ1v) is 13.5. The van der Waals surface area contributed by atoms with Gasteiger partial charge in [-0.25, -0.2) is 8.42 Å². The molecular weight excluding hydrogens is 608 g/mol. The number of phenols is 1. The van der Waals surface area contributed by atoms with E-state index in [1.165, 1.54) is 31.4 Å². The van der Waals surface area contributed by atoms with Gasteiger partial charge in [0.1, 0.15) is 27.2 Å². The monoisotopic (exact) mass is 627 g/mol. The minimum atomic E-state index is -4.75. The maximum Gasteiger partial charge on any atom is 1.00 e. The maximum atomic E-state index is 11.4. The van der Waals surface area contributed by atoms with Crippen molar-refractivity contribution in [2.45, 2.75) is 4.90 Å². The zero-order chi connectivity index (χ0) is 31.2. The summed E-state index contributed by atoms with van der Waals surface area (Å²) in [6.07, 6.45) is 0. The minimum absolute atomic E-state index is 0. The third-order valence-corrected chi connectivity index (χ3v) is 6.09. The molecule has 4 rings (SSSR count). The van der Waals surface area contributed by atoms with Crippen LogP contribution in [0.3, 0.4) is 0 Å². The number of phenolic OH excluding ortho intramolecular Hbond substituents is 1. The molecule has 7 N–H and O–H groups in total. The van der Waals surface area contributed by atoms with E-state index >= 15 is 0 Å². The van der Waals surface area contributed by atoms with Crippen LogP contribution in [0.4, 0.5) is 34.1 Å². The van der Waals surface area contributed by atoms with Crippen molar-refractivity contribution in [3.63, 3.8) is 0 Å². The van der Waals surface area contributed by atoms with E-state index < -0.39 is 37.3 Å². The Labute approximate surface area is 275 Å². The van der Waals surface area contributed by atoms with Gasteiger partial charge >= 0.3 is 48.3 Å². The second kappa shape index (κ2) is 16.0. The Morgan fingerprint density at radius 1 is 0.955 bits per heavy atom. The van der Waals surface area contributed by atoms with Gasteiger partial charge in [-0.3, -0.25) is 4.79 Å². The van der Waals surface area contributed by atoms with Crippen LogP contribution in [0.15, 0.2) is 79.9 Å². The zero-order valence-corrected chi connectivity index (χ0v) is 24.9. The van der Waals surface area contributed by atoms with Gasteiger partial charge < -0.3 is 31.6 Å². The Morgan fingerprint density at radius 3 is 2.18 bits per heavy atom. The van der Waals surface area contributed by atoms with Gasteiger partial charge in [0.2, 0.25) is 5.91 Å². The topological polar surface area (TPSA) is 282 Å². The van der Waals surface area contributed by atoms with Crippen molar-refractivity contribution in [2.75, 3.05) is 18.6 Å². The summed E-state index contributed by atoms with van der Waals surface area (Å²) >= 11 is 0. The summed E-state index contributed by atoms with van der Waals surface area (Å²) in [7, 11) is -6.47. The van der Waals surface area contributed by atoms with Gasteiger partial charge in [-0.15, -0.1) is 28.2 Å². The van der Waals surface area contributed by atoms with E-state index in [0.717, 1.165) is 12.1 Å². The molecule has 4 aromatic carbocycles. The molecule has 0 aromatic heterocycles. The molecule has 0 saturated carbocycles. The van der Waals surface area contributed by atoms with Gasteiger partial charge in [-0.05, 0) is 30.3 Å². The first-order chi connectivity index (χ1) is 19.7. The van der Waals surface area contributed by atoms with E-state index in [1.807, 2.05) is 0 Å². The number of hydrogen-bond donors (Lipinski definition) is 4. The Morgan fingerprint density at radius 2 is 1.59 bits per heavy atom. The van der Waals surface area contributed by atoms with Crippen LogP contribution in [0.5, 0.6) is 11.5 Å². The molecule has 0 fully saturated rings. The molecule has 0 aliphatic carbocycles. The quantitative estimate of drug-likeness (QED) is 0.0540. The molecule has 16 nitrogen and oxygen atoms in total. The number of benzene rings is 4. The molecular formula is C24H19Li2N7O9S2. The second-order valence-electron chi connectivity index (χ2n) is 8.02. The number of methoxy groups -OCH3 is 1. The smallest absolute Gasteiger partial charge is 0.744 e. The number of carbonyl (C=O) groups excluding carboxylic acids is 1. The van der Waals surface area contributed by atoms with Crippen molar-refractivity contribution in [1.29, 1.82) is 0 Å². The molecule has 1 amide bonds. The van der Waals surface area contributed by atoms with Crippen molar-refractivity contribution in [3.05, 3.63) is 66.2 Å². The van der Waals surface area contributed by atoms with Crippen LogP contribution in [0.2, 0.25) is 0 Å². The van der Waals surface area contributed by atoms with Crippen LogP contribution in [0.1, 0.15) is 10.4 Å². The molecule has 0 bridgehead atoms.